The van der Waals surface area contributed by atoms with Crippen molar-refractivity contribution < 1.29 is 13.2 Å². The van der Waals surface area contributed by atoms with Crippen LogP contribution in [-0.4, -0.2) is 6.54 Å². The molecule has 0 atom stereocenters. The van der Waals surface area contributed by atoms with Crippen molar-refractivity contribution in [3.63, 3.8) is 0 Å². The highest BCUT2D eigenvalue weighted by molar-refractivity contribution is 5.19. The molecule has 1 aromatic rings. The van der Waals surface area contributed by atoms with Crippen LogP contribution in [0, 0.1) is 17.5 Å². The fraction of sp³-hybridized carbons (Fsp3) is 0.400. The maximum absolute atomic E-state index is 12.7. The molecule has 1 nitrogen and oxygen atoms in total. The Morgan fingerprint density at radius 2 is 1.71 bits per heavy atom. The summed E-state index contributed by atoms with van der Waals surface area (Å²) in [5.74, 6) is -3.69. The summed E-state index contributed by atoms with van der Waals surface area (Å²) >= 11 is 0. The van der Waals surface area contributed by atoms with Gasteiger partial charge in [0.05, 0.1) is 0 Å². The van der Waals surface area contributed by atoms with Gasteiger partial charge < -0.3 is 5.32 Å². The molecule has 1 N–H and O–H groups in total. The van der Waals surface area contributed by atoms with Gasteiger partial charge in [0, 0.05) is 6.54 Å². The molecule has 0 aliphatic carbocycles. The zero-order chi connectivity index (χ0) is 10.6. The Labute approximate surface area is 80.9 Å². The Balaban J connectivity index is 2.69. The number of hydrogen-bond donors (Lipinski definition) is 1. The second-order valence-corrected chi connectivity index (χ2v) is 3.05. The monoisotopic (exact) mass is 203 g/mol. The predicted molar refractivity (Wildman–Crippen MR) is 48.3 cm³/mol. The Hall–Kier alpha value is -1.03. The van der Waals surface area contributed by atoms with Crippen LogP contribution in [0.4, 0.5) is 13.2 Å². The topological polar surface area (TPSA) is 12.0 Å². The largest absolute Gasteiger partial charge is 0.313 e. The van der Waals surface area contributed by atoms with Gasteiger partial charge in [-0.1, -0.05) is 6.92 Å². The Bertz CT molecular complexity index is 289. The van der Waals surface area contributed by atoms with Crippen LogP contribution in [-0.2, 0) is 6.54 Å². The highest BCUT2D eigenvalue weighted by atomic mass is 19.2. The number of rotatable bonds is 4. The second kappa shape index (κ2) is 5.00. The van der Waals surface area contributed by atoms with Gasteiger partial charge in [0.1, 0.15) is 0 Å². The summed E-state index contributed by atoms with van der Waals surface area (Å²) in [6.07, 6.45) is 0.937. The van der Waals surface area contributed by atoms with Gasteiger partial charge in [-0.2, -0.15) is 0 Å². The molecule has 78 valence electrons. The molecule has 1 aromatic carbocycles. The summed E-state index contributed by atoms with van der Waals surface area (Å²) in [5, 5.41) is 2.97. The summed E-state index contributed by atoms with van der Waals surface area (Å²) in [4.78, 5) is 0. The van der Waals surface area contributed by atoms with Crippen LogP contribution in [0.25, 0.3) is 0 Å². The van der Waals surface area contributed by atoms with Crippen molar-refractivity contribution in [3.8, 4) is 0 Å². The summed E-state index contributed by atoms with van der Waals surface area (Å²) in [5.41, 5.74) is 0.412. The third-order valence-electron chi connectivity index (χ3n) is 1.80. The smallest absolute Gasteiger partial charge is 0.194 e. The van der Waals surface area contributed by atoms with E-state index in [1.807, 2.05) is 6.92 Å². The van der Waals surface area contributed by atoms with Crippen LogP contribution < -0.4 is 5.32 Å². The first-order valence-corrected chi connectivity index (χ1v) is 4.49. The van der Waals surface area contributed by atoms with Crippen LogP contribution >= 0.6 is 0 Å². The summed E-state index contributed by atoms with van der Waals surface area (Å²) in [6, 6.07) is 2.00. The zero-order valence-corrected chi connectivity index (χ0v) is 7.91. The van der Waals surface area contributed by atoms with Crippen molar-refractivity contribution in [2.24, 2.45) is 0 Å². The molecular formula is C10H12F3N. The van der Waals surface area contributed by atoms with Crippen molar-refractivity contribution in [3.05, 3.63) is 35.1 Å². The van der Waals surface area contributed by atoms with Gasteiger partial charge in [-0.15, -0.1) is 0 Å². The lowest BCUT2D eigenvalue weighted by molar-refractivity contribution is 0.444. The molecule has 0 aliphatic heterocycles. The maximum Gasteiger partial charge on any atom is 0.194 e. The van der Waals surface area contributed by atoms with Crippen molar-refractivity contribution >= 4 is 0 Å². The van der Waals surface area contributed by atoms with Crippen molar-refractivity contribution in [1.29, 1.82) is 0 Å². The molecule has 0 heterocycles. The highest BCUT2D eigenvalue weighted by Crippen LogP contribution is 2.13. The van der Waals surface area contributed by atoms with E-state index in [9.17, 15) is 13.2 Å². The van der Waals surface area contributed by atoms with Gasteiger partial charge >= 0.3 is 0 Å². The molecule has 4 heteroatoms. The predicted octanol–water partition coefficient (Wildman–Crippen LogP) is 2.60. The van der Waals surface area contributed by atoms with E-state index in [1.165, 1.54) is 0 Å². The average Bonchev–Trinajstić information content (AvgIpc) is 2.14. The van der Waals surface area contributed by atoms with E-state index in [4.69, 9.17) is 0 Å². The van der Waals surface area contributed by atoms with Gasteiger partial charge in [-0.3, -0.25) is 0 Å². The average molecular weight is 203 g/mol. The SMILES string of the molecule is CCCNCc1cc(F)c(F)c(F)c1. The van der Waals surface area contributed by atoms with Gasteiger partial charge in [-0.05, 0) is 30.7 Å². The number of nitrogens with one attached hydrogen (secondary N) is 1. The van der Waals surface area contributed by atoms with Crippen LogP contribution in [0.2, 0.25) is 0 Å². The highest BCUT2D eigenvalue weighted by Gasteiger charge is 2.09. The molecule has 0 saturated carbocycles. The molecule has 0 unspecified atom stereocenters. The third-order valence-corrected chi connectivity index (χ3v) is 1.80. The van der Waals surface area contributed by atoms with Crippen LogP contribution in [0.3, 0.4) is 0 Å². The van der Waals surface area contributed by atoms with Crippen LogP contribution in [0.1, 0.15) is 18.9 Å². The fourth-order valence-corrected chi connectivity index (χ4v) is 1.12. The lowest BCUT2D eigenvalue weighted by Crippen LogP contribution is -2.14. The van der Waals surface area contributed by atoms with E-state index < -0.39 is 17.5 Å². The van der Waals surface area contributed by atoms with E-state index in [-0.39, 0.29) is 0 Å². The number of halogens is 3. The maximum atomic E-state index is 12.7. The molecular weight excluding hydrogens is 191 g/mol. The third kappa shape index (κ3) is 2.73. The quantitative estimate of drug-likeness (QED) is 0.586. The van der Waals surface area contributed by atoms with Gasteiger partial charge in [0.2, 0.25) is 0 Å². The number of hydrogen-bond acceptors (Lipinski definition) is 1. The molecule has 0 aliphatic rings. The van der Waals surface area contributed by atoms with Crippen LogP contribution in [0.5, 0.6) is 0 Å². The standard InChI is InChI=1S/C10H12F3N/c1-2-3-14-6-7-4-8(11)10(13)9(12)5-7/h4-5,14H,2-3,6H2,1H3. The van der Waals surface area contributed by atoms with Crippen molar-refractivity contribution in [2.45, 2.75) is 19.9 Å². The summed E-state index contributed by atoms with van der Waals surface area (Å²) in [7, 11) is 0. The molecule has 1 rings (SSSR count). The molecule has 0 saturated heterocycles. The molecule has 0 aromatic heterocycles. The summed E-state index contributed by atoms with van der Waals surface area (Å²) < 4.78 is 37.9. The van der Waals surface area contributed by atoms with Crippen molar-refractivity contribution in [1.82, 2.24) is 5.32 Å². The number of benzene rings is 1. The van der Waals surface area contributed by atoms with E-state index in [1.54, 1.807) is 0 Å². The Morgan fingerprint density at radius 3 is 2.21 bits per heavy atom. The van der Waals surface area contributed by atoms with Crippen molar-refractivity contribution in [2.75, 3.05) is 6.54 Å². The minimum Gasteiger partial charge on any atom is -0.313 e. The molecule has 0 spiro atoms. The van der Waals surface area contributed by atoms with E-state index in [0.29, 0.717) is 12.1 Å². The van der Waals surface area contributed by atoms with Gasteiger partial charge in [0.25, 0.3) is 0 Å². The normalized spacial score (nSPS) is 10.6. The zero-order valence-electron chi connectivity index (χ0n) is 7.91. The van der Waals surface area contributed by atoms with Crippen LogP contribution in [0.15, 0.2) is 12.1 Å². The molecule has 14 heavy (non-hydrogen) atoms. The molecule has 0 bridgehead atoms. The first-order valence-electron chi connectivity index (χ1n) is 4.49. The minimum absolute atomic E-state index is 0.349. The lowest BCUT2D eigenvalue weighted by atomic mass is 10.2. The van der Waals surface area contributed by atoms with E-state index in [2.05, 4.69) is 5.32 Å². The molecule has 0 amide bonds. The second-order valence-electron chi connectivity index (χ2n) is 3.05. The fourth-order valence-electron chi connectivity index (χ4n) is 1.12. The van der Waals surface area contributed by atoms with Gasteiger partial charge in [-0.25, -0.2) is 13.2 Å². The Morgan fingerprint density at radius 1 is 1.14 bits per heavy atom. The Kier molecular flexibility index (Phi) is 3.95. The van der Waals surface area contributed by atoms with E-state index in [0.717, 1.165) is 25.1 Å². The minimum atomic E-state index is -1.41. The lowest BCUT2D eigenvalue weighted by Gasteiger charge is -2.04. The van der Waals surface area contributed by atoms with Gasteiger partial charge in [0.15, 0.2) is 17.5 Å². The van der Waals surface area contributed by atoms with E-state index >= 15 is 0 Å². The molecule has 0 radical (unpaired) electrons. The summed E-state index contributed by atoms with van der Waals surface area (Å²) in [6.45, 7) is 3.10. The molecule has 0 fully saturated rings. The first-order chi connectivity index (χ1) is 6.65. The first kappa shape index (κ1) is 11.0.